The summed E-state index contributed by atoms with van der Waals surface area (Å²) in [6.07, 6.45) is 1.57. The lowest BCUT2D eigenvalue weighted by Gasteiger charge is -2.10. The maximum absolute atomic E-state index is 11.9. The van der Waals surface area contributed by atoms with Crippen LogP contribution in [0.1, 0.15) is 12.7 Å². The highest BCUT2D eigenvalue weighted by Gasteiger charge is 2.18. The summed E-state index contributed by atoms with van der Waals surface area (Å²) in [6, 6.07) is 3.59. The van der Waals surface area contributed by atoms with Crippen LogP contribution in [0.2, 0.25) is 0 Å². The van der Waals surface area contributed by atoms with Gasteiger partial charge in [-0.05, 0) is 19.1 Å². The average Bonchev–Trinajstić information content (AvgIpc) is 3.01. The normalized spacial score (nSPS) is 12.3. The highest BCUT2D eigenvalue weighted by atomic mass is 32.2. The van der Waals surface area contributed by atoms with E-state index in [0.29, 0.717) is 23.4 Å². The Labute approximate surface area is 114 Å². The molecule has 102 valence electrons. The van der Waals surface area contributed by atoms with Crippen molar-refractivity contribution in [2.24, 2.45) is 7.05 Å². The molecular weight excluding hydrogens is 266 g/mol. The molecule has 7 nitrogen and oxygen atoms in total. The minimum Gasteiger partial charge on any atom is -0.467 e. The lowest BCUT2D eigenvalue weighted by Crippen LogP contribution is -2.30. The summed E-state index contributed by atoms with van der Waals surface area (Å²) in [4.78, 5) is 11.9. The fraction of sp³-hybridized carbons (Fsp3) is 0.364. The second-order valence-electron chi connectivity index (χ2n) is 3.96. The molecule has 1 unspecified atom stereocenters. The molecular formula is C11H15N5O2S. The SMILES string of the molecule is CC(Sc1nnc(N)n1C)C(=O)NCc1ccco1. The van der Waals surface area contributed by atoms with Gasteiger partial charge in [-0.3, -0.25) is 9.36 Å². The second-order valence-corrected chi connectivity index (χ2v) is 5.26. The number of amides is 1. The topological polar surface area (TPSA) is 99.0 Å². The first-order valence-electron chi connectivity index (χ1n) is 5.69. The Morgan fingerprint density at radius 3 is 3.00 bits per heavy atom. The standard InChI is InChI=1S/C11H15N5O2S/c1-7(19-11-15-14-10(12)16(11)2)9(17)13-6-8-4-3-5-18-8/h3-5,7H,6H2,1-2H3,(H2,12,14)(H,13,17). The van der Waals surface area contributed by atoms with Crippen molar-refractivity contribution in [2.75, 3.05) is 5.73 Å². The van der Waals surface area contributed by atoms with Crippen molar-refractivity contribution in [3.63, 3.8) is 0 Å². The van der Waals surface area contributed by atoms with Crippen molar-refractivity contribution in [2.45, 2.75) is 23.9 Å². The van der Waals surface area contributed by atoms with Crippen LogP contribution in [0.5, 0.6) is 0 Å². The van der Waals surface area contributed by atoms with Crippen molar-refractivity contribution in [3.8, 4) is 0 Å². The first-order chi connectivity index (χ1) is 9.08. The molecule has 0 saturated heterocycles. The zero-order chi connectivity index (χ0) is 13.8. The quantitative estimate of drug-likeness (QED) is 0.786. The van der Waals surface area contributed by atoms with Gasteiger partial charge in [0, 0.05) is 7.05 Å². The molecule has 0 aromatic carbocycles. The van der Waals surface area contributed by atoms with Crippen molar-refractivity contribution in [1.29, 1.82) is 0 Å². The third-order valence-electron chi connectivity index (χ3n) is 2.54. The molecule has 1 atom stereocenters. The number of carbonyl (C=O) groups excluding carboxylic acids is 1. The van der Waals surface area contributed by atoms with Crippen LogP contribution in [-0.2, 0) is 18.4 Å². The van der Waals surface area contributed by atoms with E-state index < -0.39 is 0 Å². The smallest absolute Gasteiger partial charge is 0.233 e. The Morgan fingerprint density at radius 2 is 2.42 bits per heavy atom. The zero-order valence-corrected chi connectivity index (χ0v) is 11.5. The Hall–Kier alpha value is -1.96. The summed E-state index contributed by atoms with van der Waals surface area (Å²) in [5, 5.41) is 10.7. The number of aromatic nitrogens is 3. The van der Waals surface area contributed by atoms with Crippen molar-refractivity contribution < 1.29 is 9.21 Å². The number of nitrogens with two attached hydrogens (primary N) is 1. The van der Waals surface area contributed by atoms with E-state index in [1.165, 1.54) is 11.8 Å². The zero-order valence-electron chi connectivity index (χ0n) is 10.7. The lowest BCUT2D eigenvalue weighted by molar-refractivity contribution is -0.120. The molecule has 0 spiro atoms. The number of nitrogens with one attached hydrogen (secondary N) is 1. The average molecular weight is 281 g/mol. The van der Waals surface area contributed by atoms with Gasteiger partial charge in [-0.1, -0.05) is 11.8 Å². The minimum absolute atomic E-state index is 0.0945. The van der Waals surface area contributed by atoms with Crippen LogP contribution in [0, 0.1) is 0 Å². The number of carbonyl (C=O) groups is 1. The van der Waals surface area contributed by atoms with Crippen LogP contribution >= 0.6 is 11.8 Å². The summed E-state index contributed by atoms with van der Waals surface area (Å²) in [5.74, 6) is 0.946. The van der Waals surface area contributed by atoms with Crippen LogP contribution in [0.15, 0.2) is 28.0 Å². The second kappa shape index (κ2) is 5.79. The van der Waals surface area contributed by atoms with E-state index in [4.69, 9.17) is 10.2 Å². The van der Waals surface area contributed by atoms with E-state index >= 15 is 0 Å². The highest BCUT2D eigenvalue weighted by Crippen LogP contribution is 2.21. The predicted octanol–water partition coefficient (Wildman–Crippen LogP) is 0.787. The molecule has 0 aliphatic heterocycles. The molecule has 19 heavy (non-hydrogen) atoms. The molecule has 2 aromatic rings. The first kappa shape index (κ1) is 13.5. The van der Waals surface area contributed by atoms with E-state index in [1.54, 1.807) is 30.9 Å². The van der Waals surface area contributed by atoms with Gasteiger partial charge in [-0.15, -0.1) is 10.2 Å². The molecule has 8 heteroatoms. The summed E-state index contributed by atoms with van der Waals surface area (Å²) in [5.41, 5.74) is 5.58. The maximum Gasteiger partial charge on any atom is 0.233 e. The molecule has 2 aromatic heterocycles. The monoisotopic (exact) mass is 281 g/mol. The molecule has 0 aliphatic rings. The molecule has 0 radical (unpaired) electrons. The van der Waals surface area contributed by atoms with Gasteiger partial charge >= 0.3 is 0 Å². The predicted molar refractivity (Wildman–Crippen MR) is 71.3 cm³/mol. The highest BCUT2D eigenvalue weighted by molar-refractivity contribution is 8.00. The Bertz CT molecular complexity index is 551. The summed E-state index contributed by atoms with van der Waals surface area (Å²) >= 11 is 1.30. The Morgan fingerprint density at radius 1 is 1.63 bits per heavy atom. The van der Waals surface area contributed by atoms with Crippen LogP contribution in [0.4, 0.5) is 5.95 Å². The number of rotatable bonds is 5. The van der Waals surface area contributed by atoms with Gasteiger partial charge in [0.15, 0.2) is 5.16 Å². The lowest BCUT2D eigenvalue weighted by atomic mass is 10.4. The van der Waals surface area contributed by atoms with Gasteiger partial charge in [0.05, 0.1) is 18.1 Å². The van der Waals surface area contributed by atoms with Crippen LogP contribution < -0.4 is 11.1 Å². The van der Waals surface area contributed by atoms with E-state index in [0.717, 1.165) is 0 Å². The van der Waals surface area contributed by atoms with E-state index in [-0.39, 0.29) is 11.2 Å². The molecule has 0 aliphatic carbocycles. The van der Waals surface area contributed by atoms with Gasteiger partial charge in [0.25, 0.3) is 0 Å². The molecule has 2 heterocycles. The van der Waals surface area contributed by atoms with Gasteiger partial charge in [-0.2, -0.15) is 0 Å². The first-order valence-corrected chi connectivity index (χ1v) is 6.57. The Balaban J connectivity index is 1.87. The number of anilines is 1. The van der Waals surface area contributed by atoms with Crippen LogP contribution in [0.25, 0.3) is 0 Å². The largest absolute Gasteiger partial charge is 0.467 e. The molecule has 0 fully saturated rings. The number of nitrogens with zero attached hydrogens (tertiary/aromatic N) is 3. The van der Waals surface area contributed by atoms with Crippen molar-refractivity contribution >= 4 is 23.6 Å². The number of furan rings is 1. The summed E-state index contributed by atoms with van der Waals surface area (Å²) < 4.78 is 6.78. The number of nitrogen functional groups attached to an aromatic ring is 1. The third kappa shape index (κ3) is 3.28. The van der Waals surface area contributed by atoms with E-state index in [1.807, 2.05) is 6.07 Å². The fourth-order valence-electron chi connectivity index (χ4n) is 1.37. The number of hydrogen-bond donors (Lipinski definition) is 2. The fourth-order valence-corrected chi connectivity index (χ4v) is 2.22. The van der Waals surface area contributed by atoms with Gasteiger partial charge in [-0.25, -0.2) is 0 Å². The van der Waals surface area contributed by atoms with E-state index in [2.05, 4.69) is 15.5 Å². The van der Waals surface area contributed by atoms with Gasteiger partial charge in [0.2, 0.25) is 11.9 Å². The number of thioether (sulfide) groups is 1. The van der Waals surface area contributed by atoms with Crippen LogP contribution in [-0.4, -0.2) is 25.9 Å². The third-order valence-corrected chi connectivity index (χ3v) is 3.67. The van der Waals surface area contributed by atoms with Crippen LogP contribution in [0.3, 0.4) is 0 Å². The summed E-state index contributed by atoms with van der Waals surface area (Å²) in [7, 11) is 1.76. The number of hydrogen-bond acceptors (Lipinski definition) is 6. The maximum atomic E-state index is 11.9. The molecule has 0 bridgehead atoms. The van der Waals surface area contributed by atoms with Gasteiger partial charge in [0.1, 0.15) is 5.76 Å². The van der Waals surface area contributed by atoms with Gasteiger partial charge < -0.3 is 15.5 Å². The summed E-state index contributed by atoms with van der Waals surface area (Å²) in [6.45, 7) is 2.17. The van der Waals surface area contributed by atoms with E-state index in [9.17, 15) is 4.79 Å². The van der Waals surface area contributed by atoms with Crippen molar-refractivity contribution in [3.05, 3.63) is 24.2 Å². The molecule has 3 N–H and O–H groups in total. The molecule has 1 amide bonds. The molecule has 2 rings (SSSR count). The minimum atomic E-state index is -0.294. The Kier molecular flexibility index (Phi) is 4.10. The molecule has 0 saturated carbocycles. The van der Waals surface area contributed by atoms with Crippen molar-refractivity contribution in [1.82, 2.24) is 20.1 Å².